The van der Waals surface area contributed by atoms with Crippen LogP contribution in [0, 0.1) is 6.92 Å². The quantitative estimate of drug-likeness (QED) is 0.608. The third kappa shape index (κ3) is 1.46. The zero-order chi connectivity index (χ0) is 10.8. The average Bonchev–Trinajstić information content (AvgIpc) is 2.87. The fourth-order valence-electron chi connectivity index (χ4n) is 2.51. The highest BCUT2D eigenvalue weighted by Gasteiger charge is 2.17. The van der Waals surface area contributed by atoms with Gasteiger partial charge in [-0.3, -0.25) is 0 Å². The Kier molecular flexibility index (Phi) is 2.81. The highest BCUT2D eigenvalue weighted by Crippen LogP contribution is 2.30. The number of benzene rings is 1. The number of nitrogens with zero attached hydrogens (tertiary/aromatic N) is 1. The van der Waals surface area contributed by atoms with Gasteiger partial charge in [0.2, 0.25) is 0 Å². The molecule has 0 radical (unpaired) electrons. The highest BCUT2D eigenvalue weighted by molar-refractivity contribution is 5.85. The molecule has 1 aromatic heterocycles. The zero-order valence-corrected chi connectivity index (χ0v) is 9.88. The molecular formula is C14H19N. The van der Waals surface area contributed by atoms with Crippen LogP contribution in [0.5, 0.6) is 0 Å². The fourth-order valence-corrected chi connectivity index (χ4v) is 2.51. The van der Waals surface area contributed by atoms with Gasteiger partial charge in [0.15, 0.2) is 0 Å². The van der Waals surface area contributed by atoms with Gasteiger partial charge in [-0.15, -0.1) is 0 Å². The first-order valence-corrected chi connectivity index (χ1v) is 5.94. The molecule has 1 aliphatic rings. The molecule has 0 amide bonds. The summed E-state index contributed by atoms with van der Waals surface area (Å²) in [5.74, 6) is 0. The number of para-hydroxylation sites is 1. The highest BCUT2D eigenvalue weighted by atomic mass is 15.0. The summed E-state index contributed by atoms with van der Waals surface area (Å²) in [6.45, 7) is 7.46. The van der Waals surface area contributed by atoms with Crippen molar-refractivity contribution in [3.63, 3.8) is 0 Å². The SMILES string of the molecule is CC.Cc1c2n(c3ccccc13)CCC2. The third-order valence-electron chi connectivity index (χ3n) is 3.15. The van der Waals surface area contributed by atoms with E-state index in [1.54, 1.807) is 5.69 Å². The van der Waals surface area contributed by atoms with Crippen LogP contribution in [0.3, 0.4) is 0 Å². The molecule has 1 aromatic carbocycles. The van der Waals surface area contributed by atoms with E-state index in [0.29, 0.717) is 0 Å². The molecule has 0 atom stereocenters. The van der Waals surface area contributed by atoms with Crippen LogP contribution in [-0.4, -0.2) is 4.57 Å². The van der Waals surface area contributed by atoms with Crippen LogP contribution in [0.15, 0.2) is 24.3 Å². The van der Waals surface area contributed by atoms with Crippen molar-refractivity contribution in [3.8, 4) is 0 Å². The van der Waals surface area contributed by atoms with E-state index in [9.17, 15) is 0 Å². The van der Waals surface area contributed by atoms with Gasteiger partial charge in [-0.1, -0.05) is 32.0 Å². The lowest BCUT2D eigenvalue weighted by molar-refractivity contribution is 0.772. The number of rotatable bonds is 0. The van der Waals surface area contributed by atoms with Crippen molar-refractivity contribution in [2.75, 3.05) is 0 Å². The fraction of sp³-hybridized carbons (Fsp3) is 0.429. The van der Waals surface area contributed by atoms with Gasteiger partial charge in [-0.05, 0) is 31.4 Å². The second-order valence-corrected chi connectivity index (χ2v) is 3.84. The molecule has 15 heavy (non-hydrogen) atoms. The van der Waals surface area contributed by atoms with E-state index in [4.69, 9.17) is 0 Å². The van der Waals surface area contributed by atoms with Crippen LogP contribution in [0.1, 0.15) is 31.5 Å². The summed E-state index contributed by atoms with van der Waals surface area (Å²) in [6.07, 6.45) is 2.58. The van der Waals surface area contributed by atoms with Crippen molar-refractivity contribution >= 4 is 10.9 Å². The first-order valence-electron chi connectivity index (χ1n) is 5.94. The van der Waals surface area contributed by atoms with Gasteiger partial charge in [-0.25, -0.2) is 0 Å². The van der Waals surface area contributed by atoms with Gasteiger partial charge in [0.25, 0.3) is 0 Å². The smallest absolute Gasteiger partial charge is 0.0485 e. The Morgan fingerprint density at radius 1 is 1.13 bits per heavy atom. The molecule has 0 spiro atoms. The molecule has 2 aromatic rings. The van der Waals surface area contributed by atoms with E-state index in [-0.39, 0.29) is 0 Å². The van der Waals surface area contributed by atoms with Crippen LogP contribution in [0.25, 0.3) is 10.9 Å². The van der Waals surface area contributed by atoms with Crippen molar-refractivity contribution in [1.29, 1.82) is 0 Å². The first-order chi connectivity index (χ1) is 7.38. The Labute approximate surface area is 91.7 Å². The number of hydrogen-bond acceptors (Lipinski definition) is 0. The molecular weight excluding hydrogens is 182 g/mol. The Hall–Kier alpha value is -1.24. The minimum Gasteiger partial charge on any atom is -0.344 e. The third-order valence-corrected chi connectivity index (χ3v) is 3.15. The van der Waals surface area contributed by atoms with Gasteiger partial charge < -0.3 is 4.57 Å². The number of hydrogen-bond donors (Lipinski definition) is 0. The van der Waals surface area contributed by atoms with Crippen LogP contribution >= 0.6 is 0 Å². The Balaban J connectivity index is 0.000000404. The lowest BCUT2D eigenvalue weighted by Crippen LogP contribution is -1.90. The maximum atomic E-state index is 2.48. The maximum absolute atomic E-state index is 2.48. The Morgan fingerprint density at radius 3 is 2.67 bits per heavy atom. The summed E-state index contributed by atoms with van der Waals surface area (Å²) in [5, 5.41) is 1.44. The molecule has 80 valence electrons. The molecule has 2 heterocycles. The predicted octanol–water partition coefficient (Wildman–Crippen LogP) is 3.92. The summed E-state index contributed by atoms with van der Waals surface area (Å²) < 4.78 is 2.48. The van der Waals surface area contributed by atoms with E-state index in [1.807, 2.05) is 13.8 Å². The lowest BCUT2D eigenvalue weighted by atomic mass is 10.1. The molecule has 0 saturated heterocycles. The summed E-state index contributed by atoms with van der Waals surface area (Å²) in [5.41, 5.74) is 4.47. The van der Waals surface area contributed by atoms with Crippen molar-refractivity contribution in [2.45, 2.75) is 40.2 Å². The summed E-state index contributed by atoms with van der Waals surface area (Å²) in [4.78, 5) is 0. The average molecular weight is 201 g/mol. The molecule has 0 bridgehead atoms. The normalized spacial score (nSPS) is 13.5. The van der Waals surface area contributed by atoms with Crippen molar-refractivity contribution < 1.29 is 0 Å². The molecule has 0 saturated carbocycles. The van der Waals surface area contributed by atoms with Crippen LogP contribution in [-0.2, 0) is 13.0 Å². The second kappa shape index (κ2) is 4.09. The lowest BCUT2D eigenvalue weighted by Gasteiger charge is -1.97. The van der Waals surface area contributed by atoms with Crippen LogP contribution < -0.4 is 0 Å². The first kappa shape index (κ1) is 10.3. The summed E-state index contributed by atoms with van der Waals surface area (Å²) >= 11 is 0. The number of aryl methyl sites for hydroxylation is 2. The molecule has 0 N–H and O–H groups in total. The zero-order valence-electron chi connectivity index (χ0n) is 9.88. The summed E-state index contributed by atoms with van der Waals surface area (Å²) in [7, 11) is 0. The molecule has 1 heteroatoms. The standard InChI is InChI=1S/C12H13N.C2H6/c1-9-10-5-2-3-6-12(10)13-8-4-7-11(9)13;1-2/h2-3,5-6H,4,7-8H2,1H3;1-2H3. The van der Waals surface area contributed by atoms with Crippen LogP contribution in [0.2, 0.25) is 0 Å². The van der Waals surface area contributed by atoms with E-state index in [0.717, 1.165) is 0 Å². The minimum absolute atomic E-state index is 1.21. The summed E-state index contributed by atoms with van der Waals surface area (Å²) in [6, 6.07) is 8.73. The van der Waals surface area contributed by atoms with E-state index >= 15 is 0 Å². The predicted molar refractivity (Wildman–Crippen MR) is 66.3 cm³/mol. The van der Waals surface area contributed by atoms with Crippen LogP contribution in [0.4, 0.5) is 0 Å². The van der Waals surface area contributed by atoms with Gasteiger partial charge >= 0.3 is 0 Å². The van der Waals surface area contributed by atoms with Gasteiger partial charge in [0, 0.05) is 23.1 Å². The topological polar surface area (TPSA) is 4.93 Å². The Morgan fingerprint density at radius 2 is 1.87 bits per heavy atom. The molecule has 1 nitrogen and oxygen atoms in total. The minimum atomic E-state index is 1.21. The monoisotopic (exact) mass is 201 g/mol. The van der Waals surface area contributed by atoms with Crippen molar-refractivity contribution in [2.24, 2.45) is 0 Å². The van der Waals surface area contributed by atoms with Gasteiger partial charge in [0.1, 0.15) is 0 Å². The van der Waals surface area contributed by atoms with E-state index in [2.05, 4.69) is 35.8 Å². The van der Waals surface area contributed by atoms with E-state index < -0.39 is 0 Å². The van der Waals surface area contributed by atoms with Crippen molar-refractivity contribution in [3.05, 3.63) is 35.5 Å². The molecule has 3 rings (SSSR count). The molecule has 0 aliphatic carbocycles. The molecule has 0 unspecified atom stereocenters. The Bertz CT molecular complexity index is 465. The van der Waals surface area contributed by atoms with E-state index in [1.165, 1.54) is 35.9 Å². The van der Waals surface area contributed by atoms with Gasteiger partial charge in [-0.2, -0.15) is 0 Å². The largest absolute Gasteiger partial charge is 0.344 e. The van der Waals surface area contributed by atoms with Crippen molar-refractivity contribution in [1.82, 2.24) is 4.57 Å². The maximum Gasteiger partial charge on any atom is 0.0485 e. The number of aromatic nitrogens is 1. The van der Waals surface area contributed by atoms with Gasteiger partial charge in [0.05, 0.1) is 0 Å². The number of fused-ring (bicyclic) bond motifs is 3. The molecule has 1 aliphatic heterocycles. The molecule has 0 fully saturated rings. The second-order valence-electron chi connectivity index (χ2n) is 3.84.